The van der Waals surface area contributed by atoms with Crippen LogP contribution < -0.4 is 19.6 Å². The van der Waals surface area contributed by atoms with Gasteiger partial charge in [-0.15, -0.1) is 0 Å². The number of ether oxygens (including phenoxy) is 2. The molecule has 1 unspecified atom stereocenters. The third kappa shape index (κ3) is 4.03. The first-order valence-electron chi connectivity index (χ1n) is 10.3. The third-order valence-electron chi connectivity index (χ3n) is 5.32. The topological polar surface area (TPSA) is 69.9 Å². The second kappa shape index (κ2) is 8.96. The average molecular weight is 449 g/mol. The Bertz CT molecular complexity index is 1360. The lowest BCUT2D eigenvalue weighted by Gasteiger charge is -2.24. The van der Waals surface area contributed by atoms with Crippen LogP contribution in [-0.4, -0.2) is 24.3 Å². The number of methoxy groups -OCH3 is 1. The van der Waals surface area contributed by atoms with Crippen molar-refractivity contribution in [2.45, 2.75) is 26.8 Å². The van der Waals surface area contributed by atoms with Gasteiger partial charge < -0.3 is 9.47 Å². The van der Waals surface area contributed by atoms with E-state index >= 15 is 0 Å². The van der Waals surface area contributed by atoms with E-state index in [0.29, 0.717) is 26.4 Å². The Kier molecular flexibility index (Phi) is 6.10. The summed E-state index contributed by atoms with van der Waals surface area (Å²) in [6.45, 7) is 5.79. The van der Waals surface area contributed by atoms with Crippen LogP contribution in [0.3, 0.4) is 0 Å². The van der Waals surface area contributed by atoms with Gasteiger partial charge in [0.1, 0.15) is 5.75 Å². The molecule has 1 aliphatic rings. The van der Waals surface area contributed by atoms with Crippen molar-refractivity contribution in [1.29, 1.82) is 0 Å². The van der Waals surface area contributed by atoms with Crippen molar-refractivity contribution >= 4 is 23.4 Å². The minimum atomic E-state index is -0.628. The predicted octanol–water partition coefficient (Wildman–Crippen LogP) is 3.12. The van der Waals surface area contributed by atoms with Gasteiger partial charge in [0.25, 0.3) is 5.56 Å². The van der Waals surface area contributed by atoms with E-state index in [-0.39, 0.29) is 12.2 Å². The van der Waals surface area contributed by atoms with Crippen molar-refractivity contribution in [2.75, 3.05) is 13.7 Å². The van der Waals surface area contributed by atoms with Crippen LogP contribution in [0.1, 0.15) is 36.6 Å². The summed E-state index contributed by atoms with van der Waals surface area (Å²) in [4.78, 5) is 31.5. The minimum Gasteiger partial charge on any atom is -0.497 e. The number of hydrogen-bond donors (Lipinski definition) is 0. The fraction of sp³-hybridized carbons (Fsp3) is 0.240. The molecule has 3 aromatic rings. The predicted molar refractivity (Wildman–Crippen MR) is 125 cm³/mol. The van der Waals surface area contributed by atoms with E-state index in [1.807, 2.05) is 61.5 Å². The molecule has 1 atom stereocenters. The maximum atomic E-state index is 13.5. The lowest BCUT2D eigenvalue weighted by atomic mass is 9.96. The van der Waals surface area contributed by atoms with Gasteiger partial charge >= 0.3 is 5.97 Å². The van der Waals surface area contributed by atoms with Gasteiger partial charge in [-0.05, 0) is 50.1 Å². The first kappa shape index (κ1) is 21.8. The van der Waals surface area contributed by atoms with Crippen molar-refractivity contribution in [1.82, 2.24) is 4.57 Å². The van der Waals surface area contributed by atoms with Crippen molar-refractivity contribution in [3.8, 4) is 5.75 Å². The van der Waals surface area contributed by atoms with Crippen LogP contribution >= 0.6 is 11.3 Å². The number of allylic oxidation sites excluding steroid dienone is 1. The normalized spacial score (nSPS) is 15.9. The zero-order chi connectivity index (χ0) is 22.8. The van der Waals surface area contributed by atoms with Gasteiger partial charge in [-0.25, -0.2) is 9.79 Å². The van der Waals surface area contributed by atoms with Gasteiger partial charge in [0.05, 0.1) is 35.6 Å². The van der Waals surface area contributed by atoms with E-state index in [0.717, 1.165) is 16.7 Å². The Morgan fingerprint density at radius 3 is 2.44 bits per heavy atom. The number of fused-ring (bicyclic) bond motifs is 1. The van der Waals surface area contributed by atoms with Crippen LogP contribution in [0.15, 0.2) is 69.6 Å². The molecular weight excluding hydrogens is 424 g/mol. The largest absolute Gasteiger partial charge is 0.497 e. The molecule has 0 bridgehead atoms. The Hall–Kier alpha value is -3.45. The van der Waals surface area contributed by atoms with Crippen molar-refractivity contribution in [3.05, 3.63) is 96.2 Å². The molecule has 0 spiro atoms. The number of carbonyl (C=O) groups is 1. The van der Waals surface area contributed by atoms with Crippen molar-refractivity contribution in [2.24, 2.45) is 4.99 Å². The van der Waals surface area contributed by atoms with Crippen LogP contribution in [-0.2, 0) is 9.53 Å². The van der Waals surface area contributed by atoms with E-state index < -0.39 is 12.0 Å². The van der Waals surface area contributed by atoms with E-state index in [9.17, 15) is 9.59 Å². The lowest BCUT2D eigenvalue weighted by Crippen LogP contribution is -2.39. The van der Waals surface area contributed by atoms with Gasteiger partial charge in [0, 0.05) is 0 Å². The molecule has 0 saturated carbocycles. The maximum Gasteiger partial charge on any atom is 0.338 e. The number of nitrogens with zero attached hydrogens (tertiary/aromatic N) is 2. The van der Waals surface area contributed by atoms with Crippen LogP contribution in [0.5, 0.6) is 5.75 Å². The molecule has 0 saturated heterocycles. The van der Waals surface area contributed by atoms with Gasteiger partial charge in [0.15, 0.2) is 4.80 Å². The molecule has 7 heteroatoms. The first-order valence-corrected chi connectivity index (χ1v) is 11.1. The van der Waals surface area contributed by atoms with Gasteiger partial charge in [-0.1, -0.05) is 53.3 Å². The number of aromatic nitrogens is 1. The first-order chi connectivity index (χ1) is 15.4. The Morgan fingerprint density at radius 1 is 1.12 bits per heavy atom. The molecule has 6 nitrogen and oxygen atoms in total. The highest BCUT2D eigenvalue weighted by Gasteiger charge is 2.33. The maximum absolute atomic E-state index is 13.5. The Morgan fingerprint density at radius 2 is 1.81 bits per heavy atom. The average Bonchev–Trinajstić information content (AvgIpc) is 3.09. The molecular formula is C25H24N2O4S. The third-order valence-corrected chi connectivity index (χ3v) is 6.31. The molecule has 0 N–H and O–H groups in total. The fourth-order valence-electron chi connectivity index (χ4n) is 3.71. The molecule has 2 heterocycles. The van der Waals surface area contributed by atoms with Crippen LogP contribution in [0.2, 0.25) is 0 Å². The summed E-state index contributed by atoms with van der Waals surface area (Å²) >= 11 is 1.32. The van der Waals surface area contributed by atoms with E-state index in [4.69, 9.17) is 9.47 Å². The van der Waals surface area contributed by atoms with Crippen LogP contribution in [0, 0.1) is 6.92 Å². The number of hydrogen-bond acceptors (Lipinski definition) is 6. The zero-order valence-corrected chi connectivity index (χ0v) is 19.2. The molecule has 0 fully saturated rings. The monoisotopic (exact) mass is 448 g/mol. The molecule has 1 aromatic heterocycles. The van der Waals surface area contributed by atoms with Gasteiger partial charge in [0.2, 0.25) is 0 Å². The lowest BCUT2D eigenvalue weighted by molar-refractivity contribution is -0.139. The summed E-state index contributed by atoms with van der Waals surface area (Å²) in [6.07, 6.45) is 1.86. The minimum absolute atomic E-state index is 0.190. The summed E-state index contributed by atoms with van der Waals surface area (Å²) in [5.41, 5.74) is 3.59. The highest BCUT2D eigenvalue weighted by molar-refractivity contribution is 7.07. The van der Waals surface area contributed by atoms with E-state index in [1.54, 1.807) is 25.5 Å². The quantitative estimate of drug-likeness (QED) is 0.563. The number of thiazole rings is 1. The molecule has 0 radical (unpaired) electrons. The molecule has 4 rings (SSSR count). The Labute approximate surface area is 189 Å². The highest BCUT2D eigenvalue weighted by atomic mass is 32.1. The number of benzene rings is 2. The molecule has 1 aliphatic heterocycles. The summed E-state index contributed by atoms with van der Waals surface area (Å²) in [5, 5.41) is 0. The molecule has 2 aromatic carbocycles. The molecule has 32 heavy (non-hydrogen) atoms. The van der Waals surface area contributed by atoms with Gasteiger partial charge in [-0.3, -0.25) is 9.36 Å². The molecule has 0 amide bonds. The van der Waals surface area contributed by atoms with Crippen LogP contribution in [0.4, 0.5) is 0 Å². The number of rotatable bonds is 5. The van der Waals surface area contributed by atoms with E-state index in [2.05, 4.69) is 4.99 Å². The standard InChI is InChI=1S/C25H24N2O4S/c1-5-31-24(29)21-16(3)26-25-27(22(21)18-10-12-19(30-4)13-11-18)23(28)20(32-25)14-17-8-6-15(2)7-9-17/h6-14,22H,5H2,1-4H3. The summed E-state index contributed by atoms with van der Waals surface area (Å²) in [5.74, 6) is 0.223. The Balaban J connectivity index is 1.93. The number of aryl methyl sites for hydroxylation is 1. The molecule has 164 valence electrons. The SMILES string of the molecule is CCOC(=O)C1=C(C)N=c2sc(=Cc3ccc(C)cc3)c(=O)n2C1c1ccc(OC)cc1. The molecule has 0 aliphatic carbocycles. The van der Waals surface area contributed by atoms with Gasteiger partial charge in [-0.2, -0.15) is 0 Å². The summed E-state index contributed by atoms with van der Waals surface area (Å²) in [6, 6.07) is 14.7. The van der Waals surface area contributed by atoms with E-state index in [1.165, 1.54) is 11.3 Å². The number of esters is 1. The van der Waals surface area contributed by atoms with Crippen LogP contribution in [0.25, 0.3) is 6.08 Å². The summed E-state index contributed by atoms with van der Waals surface area (Å²) < 4.78 is 12.7. The zero-order valence-electron chi connectivity index (χ0n) is 18.4. The fourth-order valence-corrected chi connectivity index (χ4v) is 4.75. The van der Waals surface area contributed by atoms with Crippen molar-refractivity contribution < 1.29 is 14.3 Å². The highest BCUT2D eigenvalue weighted by Crippen LogP contribution is 2.31. The van der Waals surface area contributed by atoms with Crippen molar-refractivity contribution in [3.63, 3.8) is 0 Å². The number of carbonyl (C=O) groups excluding carboxylic acids is 1. The smallest absolute Gasteiger partial charge is 0.338 e. The summed E-state index contributed by atoms with van der Waals surface area (Å²) in [7, 11) is 1.59. The second-order valence-electron chi connectivity index (χ2n) is 7.49. The second-order valence-corrected chi connectivity index (χ2v) is 8.50.